The molecule has 1 heterocycles. The van der Waals surface area contributed by atoms with Crippen molar-refractivity contribution in [3.63, 3.8) is 0 Å². The molecule has 0 saturated heterocycles. The zero-order valence-electron chi connectivity index (χ0n) is 17.0. The molecule has 1 N–H and O–H groups in total. The number of nitrogens with zero attached hydrogens (tertiary/aromatic N) is 2. The van der Waals surface area contributed by atoms with E-state index < -0.39 is 17.0 Å². The summed E-state index contributed by atoms with van der Waals surface area (Å²) >= 11 is 6.07. The van der Waals surface area contributed by atoms with Crippen molar-refractivity contribution in [2.24, 2.45) is 5.41 Å². The monoisotopic (exact) mass is 432 g/mol. The van der Waals surface area contributed by atoms with Gasteiger partial charge in [0.25, 0.3) is 0 Å². The number of carbonyl (C=O) groups is 2. The van der Waals surface area contributed by atoms with E-state index in [1.807, 2.05) is 13.8 Å². The van der Waals surface area contributed by atoms with Gasteiger partial charge < -0.3 is 19.3 Å². The van der Waals surface area contributed by atoms with Crippen molar-refractivity contribution >= 4 is 23.2 Å². The molecule has 1 aromatic carbocycles. The van der Waals surface area contributed by atoms with Gasteiger partial charge in [-0.3, -0.25) is 9.59 Å². The molecule has 1 aliphatic carbocycles. The van der Waals surface area contributed by atoms with Gasteiger partial charge in [0.2, 0.25) is 17.5 Å². The van der Waals surface area contributed by atoms with Crippen molar-refractivity contribution in [3.8, 4) is 23.5 Å². The first kappa shape index (κ1) is 21.6. The number of aromatic nitrogens is 2. The molecule has 158 valence electrons. The first-order valence-electron chi connectivity index (χ1n) is 9.08. The molecule has 0 atom stereocenters. The summed E-state index contributed by atoms with van der Waals surface area (Å²) in [7, 11) is 2.85. The Labute approximate surface area is 178 Å². The molecule has 3 rings (SSSR count). The highest BCUT2D eigenvalue weighted by molar-refractivity contribution is 6.32. The molecule has 0 spiro atoms. The molecule has 2 aromatic rings. The maximum Gasteiger partial charge on any atom is 0.328 e. The van der Waals surface area contributed by atoms with Crippen LogP contribution in [-0.4, -0.2) is 40.9 Å². The van der Waals surface area contributed by atoms with Crippen LogP contribution in [0.2, 0.25) is 5.02 Å². The Bertz CT molecular complexity index is 1030. The van der Waals surface area contributed by atoms with Gasteiger partial charge in [0.1, 0.15) is 17.1 Å². The number of benzene rings is 1. The van der Waals surface area contributed by atoms with Crippen LogP contribution < -0.4 is 14.2 Å². The van der Waals surface area contributed by atoms with E-state index in [2.05, 4.69) is 9.97 Å². The van der Waals surface area contributed by atoms with Gasteiger partial charge in [-0.05, 0) is 23.6 Å². The van der Waals surface area contributed by atoms with Crippen molar-refractivity contribution in [1.82, 2.24) is 9.97 Å². The lowest BCUT2D eigenvalue weighted by atomic mass is 9.75. The maximum absolute atomic E-state index is 13.2. The predicted octanol–water partition coefficient (Wildman–Crippen LogP) is 4.32. The molecular weight excluding hydrogens is 412 g/mol. The fraction of sp³-hybridized carbons (Fsp3) is 0.333. The number of ketones is 2. The third-order valence-electron chi connectivity index (χ3n) is 4.54. The first-order chi connectivity index (χ1) is 14.1. The van der Waals surface area contributed by atoms with Gasteiger partial charge in [-0.15, -0.1) is 0 Å². The second-order valence-corrected chi connectivity index (χ2v) is 8.01. The molecule has 1 aliphatic rings. The number of ether oxygens (including phenoxy) is 3. The molecule has 0 radical (unpaired) electrons. The molecule has 8 nitrogen and oxygen atoms in total. The lowest BCUT2D eigenvalue weighted by molar-refractivity contribution is -0.118. The number of hydrogen-bond donors (Lipinski definition) is 1. The Morgan fingerprint density at radius 1 is 1.10 bits per heavy atom. The molecule has 30 heavy (non-hydrogen) atoms. The maximum atomic E-state index is 13.2. The topological polar surface area (TPSA) is 108 Å². The number of halogens is 1. The average Bonchev–Trinajstić information content (AvgIpc) is 2.67. The highest BCUT2D eigenvalue weighted by Crippen LogP contribution is 2.38. The zero-order chi connectivity index (χ0) is 22.1. The Hall–Kier alpha value is -3.13. The summed E-state index contributed by atoms with van der Waals surface area (Å²) in [6, 6.07) is 5.68. The van der Waals surface area contributed by atoms with E-state index in [-0.39, 0.29) is 58.3 Å². The van der Waals surface area contributed by atoms with Crippen LogP contribution in [0, 0.1) is 5.41 Å². The molecule has 0 unspecified atom stereocenters. The molecule has 0 fully saturated rings. The molecule has 9 heteroatoms. The highest BCUT2D eigenvalue weighted by Gasteiger charge is 2.37. The van der Waals surface area contributed by atoms with E-state index in [4.69, 9.17) is 25.8 Å². The van der Waals surface area contributed by atoms with Crippen LogP contribution in [0.15, 0.2) is 35.6 Å². The van der Waals surface area contributed by atoms with Crippen LogP contribution in [0.5, 0.6) is 23.5 Å². The minimum atomic E-state index is -0.680. The first-order valence-corrected chi connectivity index (χ1v) is 9.46. The average molecular weight is 433 g/mol. The van der Waals surface area contributed by atoms with E-state index in [9.17, 15) is 14.7 Å². The van der Waals surface area contributed by atoms with Gasteiger partial charge in [-0.2, -0.15) is 9.97 Å². The second-order valence-electron chi connectivity index (χ2n) is 7.57. The fourth-order valence-corrected chi connectivity index (χ4v) is 3.36. The summed E-state index contributed by atoms with van der Waals surface area (Å²) in [5.74, 6) is -0.893. The molecule has 0 saturated carbocycles. The van der Waals surface area contributed by atoms with Crippen molar-refractivity contribution < 1.29 is 28.9 Å². The SMILES string of the molecule is COc1cc(OC)nc(Oc2ccc(Cl)cc2C(=O)C2=C(O)CC(C)(C)CC2=O)n1. The largest absolute Gasteiger partial charge is 0.511 e. The lowest BCUT2D eigenvalue weighted by Crippen LogP contribution is -2.29. The minimum absolute atomic E-state index is 0.00231. The summed E-state index contributed by atoms with van der Waals surface area (Å²) in [5.41, 5.74) is -0.683. The minimum Gasteiger partial charge on any atom is -0.511 e. The smallest absolute Gasteiger partial charge is 0.328 e. The van der Waals surface area contributed by atoms with Gasteiger partial charge >= 0.3 is 6.01 Å². The molecular formula is C21H21ClN2O6. The van der Waals surface area contributed by atoms with E-state index in [0.717, 1.165) is 0 Å². The summed E-state index contributed by atoms with van der Waals surface area (Å²) in [6.07, 6.45) is 0.359. The Morgan fingerprint density at radius 3 is 2.30 bits per heavy atom. The number of Topliss-reactive ketones (excluding diaryl/α,β-unsaturated/α-hetero) is 2. The number of hydrogen-bond acceptors (Lipinski definition) is 8. The summed E-state index contributed by atoms with van der Waals surface area (Å²) in [5, 5.41) is 10.7. The fourth-order valence-electron chi connectivity index (χ4n) is 3.19. The van der Waals surface area contributed by atoms with Gasteiger partial charge in [0, 0.05) is 17.9 Å². The lowest BCUT2D eigenvalue weighted by Gasteiger charge is -2.29. The third-order valence-corrected chi connectivity index (χ3v) is 4.78. The summed E-state index contributed by atoms with van der Waals surface area (Å²) < 4.78 is 15.9. The normalized spacial score (nSPS) is 15.7. The number of methoxy groups -OCH3 is 2. The molecule has 0 aliphatic heterocycles. The molecule has 0 bridgehead atoms. The standard InChI is InChI=1S/C21H21ClN2O6/c1-21(2)9-13(25)18(14(26)10-21)19(27)12-7-11(22)5-6-15(12)30-20-23-16(28-3)8-17(24-20)29-4/h5-8,25H,9-10H2,1-4H3. The predicted molar refractivity (Wildman–Crippen MR) is 109 cm³/mol. The molecule has 1 aromatic heterocycles. The van der Waals surface area contributed by atoms with Gasteiger partial charge in [0.05, 0.1) is 25.8 Å². The number of aliphatic hydroxyl groups excluding tert-OH is 1. The number of aliphatic hydroxyl groups is 1. The summed E-state index contributed by atoms with van der Waals surface area (Å²) in [6.45, 7) is 3.70. The van der Waals surface area contributed by atoms with Crippen LogP contribution in [-0.2, 0) is 4.79 Å². The van der Waals surface area contributed by atoms with Gasteiger partial charge in [0.15, 0.2) is 5.78 Å². The van der Waals surface area contributed by atoms with Crippen LogP contribution in [0.25, 0.3) is 0 Å². The third kappa shape index (κ3) is 4.54. The quantitative estimate of drug-likeness (QED) is 0.531. The van der Waals surface area contributed by atoms with Crippen molar-refractivity contribution in [3.05, 3.63) is 46.2 Å². The van der Waals surface area contributed by atoms with Crippen LogP contribution in [0.1, 0.15) is 37.0 Å². The van der Waals surface area contributed by atoms with E-state index in [0.29, 0.717) is 0 Å². The van der Waals surface area contributed by atoms with Crippen LogP contribution >= 0.6 is 11.6 Å². The number of rotatable bonds is 6. The molecule has 0 amide bonds. The Kier molecular flexibility index (Phi) is 5.98. The number of carbonyl (C=O) groups excluding carboxylic acids is 2. The highest BCUT2D eigenvalue weighted by atomic mass is 35.5. The summed E-state index contributed by atoms with van der Waals surface area (Å²) in [4.78, 5) is 33.9. The van der Waals surface area contributed by atoms with Crippen LogP contribution in [0.3, 0.4) is 0 Å². The van der Waals surface area contributed by atoms with Crippen molar-refractivity contribution in [2.45, 2.75) is 26.7 Å². The van der Waals surface area contributed by atoms with Crippen molar-refractivity contribution in [1.29, 1.82) is 0 Å². The second kappa shape index (κ2) is 8.31. The number of allylic oxidation sites excluding steroid dienone is 2. The Morgan fingerprint density at radius 2 is 1.73 bits per heavy atom. The van der Waals surface area contributed by atoms with E-state index in [1.165, 1.54) is 38.5 Å². The van der Waals surface area contributed by atoms with Gasteiger partial charge in [-0.25, -0.2) is 0 Å². The van der Waals surface area contributed by atoms with E-state index in [1.54, 1.807) is 0 Å². The van der Waals surface area contributed by atoms with Crippen molar-refractivity contribution in [2.75, 3.05) is 14.2 Å². The van der Waals surface area contributed by atoms with Gasteiger partial charge in [-0.1, -0.05) is 25.4 Å². The zero-order valence-corrected chi connectivity index (χ0v) is 17.7. The van der Waals surface area contributed by atoms with E-state index >= 15 is 0 Å². The van der Waals surface area contributed by atoms with Crippen LogP contribution in [0.4, 0.5) is 0 Å². The Balaban J connectivity index is 2.03.